The van der Waals surface area contributed by atoms with E-state index >= 15 is 0 Å². The molecule has 0 fully saturated rings. The van der Waals surface area contributed by atoms with Crippen molar-refractivity contribution in [2.45, 2.75) is 25.9 Å². The Balaban J connectivity index is 1.19. The molecule has 0 spiro atoms. The van der Waals surface area contributed by atoms with E-state index in [2.05, 4.69) is 31.0 Å². The Bertz CT molecular complexity index is 1810. The van der Waals surface area contributed by atoms with E-state index in [0.29, 0.717) is 46.3 Å². The van der Waals surface area contributed by atoms with Crippen LogP contribution in [0.2, 0.25) is 10.0 Å². The van der Waals surface area contributed by atoms with Gasteiger partial charge in [0.05, 0.1) is 48.0 Å². The maximum Gasteiger partial charge on any atom is 0.218 e. The lowest BCUT2D eigenvalue weighted by Gasteiger charge is -2.15. The van der Waals surface area contributed by atoms with E-state index in [9.17, 15) is 0 Å². The Morgan fingerprint density at radius 2 is 1.04 bits per heavy atom. The van der Waals surface area contributed by atoms with Crippen LogP contribution >= 0.6 is 23.2 Å². The van der Waals surface area contributed by atoms with Crippen molar-refractivity contribution in [3.63, 3.8) is 0 Å². The predicted molar refractivity (Wildman–Crippen MR) is 189 cm³/mol. The van der Waals surface area contributed by atoms with E-state index in [1.807, 2.05) is 85.5 Å². The molecule has 0 unspecified atom stereocenters. The number of H-pyrrole nitrogens is 2. The SMILES string of the molecule is COc1nc(-c2cccc(-c3cccc(-c4ccc(CNCCc5cn[nH]c5)c(OC)n4)c3Cl)c2Cl)ccc1CNCCc1cn[nH]c1. The second-order valence-electron chi connectivity index (χ2n) is 11.1. The largest absolute Gasteiger partial charge is 0.481 e. The number of rotatable bonds is 15. The molecule has 12 heteroatoms. The summed E-state index contributed by atoms with van der Waals surface area (Å²) in [5.74, 6) is 1.09. The zero-order chi connectivity index (χ0) is 33.3. The molecular weight excluding hydrogens is 647 g/mol. The third-order valence-corrected chi connectivity index (χ3v) is 8.84. The molecule has 48 heavy (non-hydrogen) atoms. The molecule has 10 nitrogen and oxygen atoms in total. The molecule has 0 aliphatic rings. The number of pyridine rings is 2. The smallest absolute Gasteiger partial charge is 0.218 e. The second-order valence-corrected chi connectivity index (χ2v) is 11.9. The number of halogens is 2. The number of hydrogen-bond donors (Lipinski definition) is 4. The lowest BCUT2D eigenvalue weighted by molar-refractivity contribution is 0.391. The first-order valence-electron chi connectivity index (χ1n) is 15.6. The summed E-state index contributed by atoms with van der Waals surface area (Å²) in [6, 6.07) is 19.7. The average Bonchev–Trinajstić information content (AvgIpc) is 3.84. The Morgan fingerprint density at radius 3 is 1.44 bits per heavy atom. The maximum atomic E-state index is 7.09. The van der Waals surface area contributed by atoms with Crippen molar-refractivity contribution in [1.82, 2.24) is 41.0 Å². The topological polar surface area (TPSA) is 126 Å². The van der Waals surface area contributed by atoms with Gasteiger partial charge in [0, 0.05) is 58.9 Å². The summed E-state index contributed by atoms with van der Waals surface area (Å²) >= 11 is 14.2. The lowest BCUT2D eigenvalue weighted by atomic mass is 9.98. The fourth-order valence-corrected chi connectivity index (χ4v) is 6.13. The van der Waals surface area contributed by atoms with Crippen LogP contribution in [0, 0.1) is 0 Å². The maximum absolute atomic E-state index is 7.09. The van der Waals surface area contributed by atoms with Crippen LogP contribution in [0.15, 0.2) is 85.5 Å². The highest BCUT2D eigenvalue weighted by molar-refractivity contribution is 6.39. The zero-order valence-corrected chi connectivity index (χ0v) is 28.2. The molecule has 0 saturated carbocycles. The van der Waals surface area contributed by atoms with Gasteiger partial charge >= 0.3 is 0 Å². The minimum absolute atomic E-state index is 0.541. The van der Waals surface area contributed by atoms with E-state index in [0.717, 1.165) is 70.4 Å². The van der Waals surface area contributed by atoms with E-state index < -0.39 is 0 Å². The van der Waals surface area contributed by atoms with Gasteiger partial charge in [-0.3, -0.25) is 10.2 Å². The Morgan fingerprint density at radius 1 is 0.604 bits per heavy atom. The van der Waals surface area contributed by atoms with Crippen molar-refractivity contribution in [3.05, 3.63) is 118 Å². The number of ether oxygens (including phenoxy) is 2. The Hall–Kier alpha value is -4.74. The standard InChI is InChI=1S/C36H36Cl2N8O2/c1-47-35-25(21-39-15-13-23-17-41-42-18-23)9-11-31(45-35)29-7-3-5-27(33(29)37)28-6-4-8-30(34(28)38)32-12-10-26(36(46-32)48-2)22-40-16-14-24-19-43-44-20-24/h3-12,17-20,39-40H,13-16,21-22H2,1-2H3,(H,41,42)(H,43,44). The predicted octanol–water partition coefficient (Wildman–Crippen LogP) is 6.91. The minimum Gasteiger partial charge on any atom is -0.481 e. The van der Waals surface area contributed by atoms with Crippen molar-refractivity contribution in [2.75, 3.05) is 27.3 Å². The summed E-state index contributed by atoms with van der Waals surface area (Å²) in [4.78, 5) is 9.62. The van der Waals surface area contributed by atoms with Crippen LogP contribution in [0.25, 0.3) is 33.6 Å². The Labute approximate surface area is 289 Å². The summed E-state index contributed by atoms with van der Waals surface area (Å²) < 4.78 is 11.3. The molecular formula is C36H36Cl2N8O2. The number of aromatic nitrogens is 6. The van der Waals surface area contributed by atoms with Gasteiger partial charge in [-0.25, -0.2) is 9.97 Å². The highest BCUT2D eigenvalue weighted by atomic mass is 35.5. The fourth-order valence-electron chi connectivity index (χ4n) is 5.48. The van der Waals surface area contributed by atoms with Crippen molar-refractivity contribution in [1.29, 1.82) is 0 Å². The summed E-state index contributed by atoms with van der Waals surface area (Å²) in [6.45, 7) is 2.84. The monoisotopic (exact) mass is 682 g/mol. The first kappa shape index (κ1) is 33.2. The van der Waals surface area contributed by atoms with Crippen LogP contribution in [-0.2, 0) is 25.9 Å². The average molecular weight is 684 g/mol. The molecule has 4 heterocycles. The van der Waals surface area contributed by atoms with Crippen LogP contribution < -0.4 is 20.1 Å². The molecule has 6 aromatic rings. The summed E-state index contributed by atoms with van der Waals surface area (Å²) in [5, 5.41) is 21.6. The fraction of sp³-hybridized carbons (Fsp3) is 0.222. The summed E-state index contributed by atoms with van der Waals surface area (Å²) in [7, 11) is 3.25. The third-order valence-electron chi connectivity index (χ3n) is 8.03. The summed E-state index contributed by atoms with van der Waals surface area (Å²) in [5.41, 5.74) is 8.75. The van der Waals surface area contributed by atoms with Crippen LogP contribution in [0.4, 0.5) is 0 Å². The Kier molecular flexibility index (Phi) is 11.0. The number of nitrogens with zero attached hydrogens (tertiary/aromatic N) is 4. The van der Waals surface area contributed by atoms with Gasteiger partial charge in [0.1, 0.15) is 0 Å². The van der Waals surface area contributed by atoms with Gasteiger partial charge in [-0.05, 0) is 49.2 Å². The zero-order valence-electron chi connectivity index (χ0n) is 26.7. The molecule has 0 aliphatic carbocycles. The molecule has 4 N–H and O–H groups in total. The second kappa shape index (κ2) is 15.9. The third kappa shape index (κ3) is 7.69. The first-order chi connectivity index (χ1) is 23.6. The van der Waals surface area contributed by atoms with Crippen molar-refractivity contribution >= 4 is 23.2 Å². The van der Waals surface area contributed by atoms with Gasteiger partial charge in [-0.1, -0.05) is 71.7 Å². The molecule has 0 bridgehead atoms. The van der Waals surface area contributed by atoms with Crippen LogP contribution in [0.3, 0.4) is 0 Å². The summed E-state index contributed by atoms with van der Waals surface area (Å²) in [6.07, 6.45) is 9.20. The molecule has 2 aromatic carbocycles. The molecule has 4 aromatic heterocycles. The molecule has 246 valence electrons. The van der Waals surface area contributed by atoms with Crippen LogP contribution in [0.5, 0.6) is 11.8 Å². The molecule has 0 amide bonds. The molecule has 0 saturated heterocycles. The molecule has 6 rings (SSSR count). The minimum atomic E-state index is 0.541. The quantitative estimate of drug-likeness (QED) is 0.0861. The lowest BCUT2D eigenvalue weighted by Crippen LogP contribution is -2.17. The highest BCUT2D eigenvalue weighted by Gasteiger charge is 2.18. The van der Waals surface area contributed by atoms with E-state index in [1.54, 1.807) is 14.2 Å². The number of nitrogens with one attached hydrogen (secondary N) is 4. The van der Waals surface area contributed by atoms with Gasteiger partial charge in [-0.15, -0.1) is 0 Å². The molecule has 0 aliphatic heterocycles. The van der Waals surface area contributed by atoms with Gasteiger partial charge in [-0.2, -0.15) is 10.2 Å². The first-order valence-corrected chi connectivity index (χ1v) is 16.3. The highest BCUT2D eigenvalue weighted by Crippen LogP contribution is 2.42. The van der Waals surface area contributed by atoms with E-state index in [-0.39, 0.29) is 0 Å². The van der Waals surface area contributed by atoms with Gasteiger partial charge in [0.2, 0.25) is 11.8 Å². The van der Waals surface area contributed by atoms with Gasteiger partial charge in [0.15, 0.2) is 0 Å². The number of hydrogen-bond acceptors (Lipinski definition) is 8. The van der Waals surface area contributed by atoms with Crippen molar-refractivity contribution in [2.24, 2.45) is 0 Å². The van der Waals surface area contributed by atoms with Crippen LogP contribution in [-0.4, -0.2) is 57.7 Å². The number of benzene rings is 2. The van der Waals surface area contributed by atoms with Crippen LogP contribution in [0.1, 0.15) is 22.3 Å². The van der Waals surface area contributed by atoms with Gasteiger partial charge in [0.25, 0.3) is 0 Å². The van der Waals surface area contributed by atoms with Crippen molar-refractivity contribution in [3.8, 4) is 45.4 Å². The van der Waals surface area contributed by atoms with Gasteiger partial charge < -0.3 is 20.1 Å². The number of aromatic amines is 2. The van der Waals surface area contributed by atoms with Crippen molar-refractivity contribution < 1.29 is 9.47 Å². The molecule has 0 atom stereocenters. The normalized spacial score (nSPS) is 11.2. The number of methoxy groups -OCH3 is 2. The van der Waals surface area contributed by atoms with E-state index in [1.165, 1.54) is 0 Å². The molecule has 0 radical (unpaired) electrons. The van der Waals surface area contributed by atoms with E-state index in [4.69, 9.17) is 42.6 Å².